The Bertz CT molecular complexity index is 955. The second-order valence-corrected chi connectivity index (χ2v) is 8.78. The molecule has 6 nitrogen and oxygen atoms in total. The Hall–Kier alpha value is -2.94. The second-order valence-electron chi connectivity index (χ2n) is 8.78. The van der Waals surface area contributed by atoms with Crippen molar-refractivity contribution in [3.05, 3.63) is 54.1 Å². The van der Waals surface area contributed by atoms with Gasteiger partial charge in [0, 0.05) is 37.6 Å². The molecule has 184 valence electrons. The maximum atomic E-state index is 13.1. The molecule has 2 aromatic rings. The number of alkyl halides is 3. The number of halogens is 3. The molecular weight excluding hydrogens is 447 g/mol. The predicted octanol–water partition coefficient (Wildman–Crippen LogP) is 4.34. The molecule has 0 spiro atoms. The zero-order valence-electron chi connectivity index (χ0n) is 19.0. The molecule has 2 aromatic carbocycles. The minimum atomic E-state index is -4.52. The van der Waals surface area contributed by atoms with E-state index >= 15 is 0 Å². The van der Waals surface area contributed by atoms with Crippen LogP contribution in [0.25, 0.3) is 0 Å². The van der Waals surface area contributed by atoms with Gasteiger partial charge in [0.2, 0.25) is 5.91 Å². The van der Waals surface area contributed by atoms with Gasteiger partial charge >= 0.3 is 6.18 Å². The first kappa shape index (κ1) is 24.2. The molecule has 1 saturated heterocycles. The van der Waals surface area contributed by atoms with E-state index in [1.54, 1.807) is 0 Å². The number of para-hydroxylation sites is 1. The third-order valence-electron chi connectivity index (χ3n) is 6.45. The molecule has 2 N–H and O–H groups in total. The van der Waals surface area contributed by atoms with Crippen molar-refractivity contribution in [1.82, 2.24) is 4.90 Å². The summed E-state index contributed by atoms with van der Waals surface area (Å²) in [5, 5.41) is 0. The quantitative estimate of drug-likeness (QED) is 0.627. The molecule has 0 aromatic heterocycles. The van der Waals surface area contributed by atoms with Gasteiger partial charge in [0.25, 0.3) is 0 Å². The SMILES string of the molecule is Nc1ccc(OC2CCC(OCC(=O)N3CCN(c4ccccc4)CC3)CC2)cc1C(F)(F)F. The van der Waals surface area contributed by atoms with Crippen LogP contribution in [-0.4, -0.2) is 55.8 Å². The molecule has 1 saturated carbocycles. The standard InChI is InChI=1S/C25H30F3N3O3/c26-25(27,28)22-16-21(10-11-23(22)29)34-20-8-6-19(7-9-20)33-17-24(32)31-14-12-30(13-15-31)18-4-2-1-3-5-18/h1-5,10-11,16,19-20H,6-9,12-15,17,29H2. The van der Waals surface area contributed by atoms with Crippen molar-refractivity contribution < 1.29 is 27.4 Å². The van der Waals surface area contributed by atoms with Crippen LogP contribution in [0.4, 0.5) is 24.5 Å². The van der Waals surface area contributed by atoms with Crippen LogP contribution in [0.1, 0.15) is 31.2 Å². The fourth-order valence-corrected chi connectivity index (χ4v) is 4.50. The fourth-order valence-electron chi connectivity index (χ4n) is 4.50. The number of nitrogens with zero attached hydrogens (tertiary/aromatic N) is 2. The molecule has 1 amide bonds. The molecule has 2 fully saturated rings. The number of hydrogen-bond donors (Lipinski definition) is 1. The fraction of sp³-hybridized carbons (Fsp3) is 0.480. The summed E-state index contributed by atoms with van der Waals surface area (Å²) < 4.78 is 50.8. The van der Waals surface area contributed by atoms with Crippen molar-refractivity contribution in [1.29, 1.82) is 0 Å². The normalized spacial score (nSPS) is 21.4. The number of amides is 1. The van der Waals surface area contributed by atoms with Gasteiger partial charge in [-0.3, -0.25) is 4.79 Å². The molecule has 0 radical (unpaired) electrons. The number of rotatable bonds is 6. The predicted molar refractivity (Wildman–Crippen MR) is 124 cm³/mol. The smallest absolute Gasteiger partial charge is 0.418 e. The summed E-state index contributed by atoms with van der Waals surface area (Å²) in [6, 6.07) is 13.8. The Morgan fingerprint density at radius 2 is 1.59 bits per heavy atom. The van der Waals surface area contributed by atoms with Crippen LogP contribution >= 0.6 is 0 Å². The van der Waals surface area contributed by atoms with Crippen molar-refractivity contribution in [2.24, 2.45) is 0 Å². The summed E-state index contributed by atoms with van der Waals surface area (Å²) in [4.78, 5) is 16.7. The van der Waals surface area contributed by atoms with Gasteiger partial charge in [-0.15, -0.1) is 0 Å². The molecule has 0 atom stereocenters. The summed E-state index contributed by atoms with van der Waals surface area (Å²) in [6.07, 6.45) is -2.06. The average Bonchev–Trinajstić information content (AvgIpc) is 2.84. The van der Waals surface area contributed by atoms with E-state index in [2.05, 4.69) is 17.0 Å². The first-order valence-corrected chi connectivity index (χ1v) is 11.6. The lowest BCUT2D eigenvalue weighted by atomic mass is 9.95. The Morgan fingerprint density at radius 1 is 0.941 bits per heavy atom. The molecule has 1 aliphatic carbocycles. The maximum absolute atomic E-state index is 13.1. The van der Waals surface area contributed by atoms with Crippen LogP contribution < -0.4 is 15.4 Å². The van der Waals surface area contributed by atoms with Gasteiger partial charge in [-0.2, -0.15) is 13.2 Å². The zero-order valence-corrected chi connectivity index (χ0v) is 19.0. The Kier molecular flexibility index (Phi) is 7.50. The number of piperazine rings is 1. The van der Waals surface area contributed by atoms with Crippen molar-refractivity contribution >= 4 is 17.3 Å². The maximum Gasteiger partial charge on any atom is 0.418 e. The van der Waals surface area contributed by atoms with E-state index in [0.29, 0.717) is 38.8 Å². The molecule has 9 heteroatoms. The highest BCUT2D eigenvalue weighted by atomic mass is 19.4. The van der Waals surface area contributed by atoms with E-state index < -0.39 is 11.7 Å². The number of carbonyl (C=O) groups is 1. The lowest BCUT2D eigenvalue weighted by molar-refractivity contribution is -0.139. The van der Waals surface area contributed by atoms with Crippen LogP contribution in [0.15, 0.2) is 48.5 Å². The van der Waals surface area contributed by atoms with Gasteiger partial charge in [-0.25, -0.2) is 0 Å². The summed E-state index contributed by atoms with van der Waals surface area (Å²) in [7, 11) is 0. The lowest BCUT2D eigenvalue weighted by Crippen LogP contribution is -2.50. The number of benzene rings is 2. The highest BCUT2D eigenvalue weighted by Crippen LogP contribution is 2.36. The molecule has 2 aliphatic rings. The Balaban J connectivity index is 1.18. The topological polar surface area (TPSA) is 68.0 Å². The number of nitrogen functional groups attached to an aromatic ring is 1. The van der Waals surface area contributed by atoms with Gasteiger partial charge in [0.15, 0.2) is 0 Å². The number of hydrogen-bond acceptors (Lipinski definition) is 5. The number of ether oxygens (including phenoxy) is 2. The van der Waals surface area contributed by atoms with Crippen molar-refractivity contribution in [2.45, 2.75) is 44.1 Å². The van der Waals surface area contributed by atoms with Crippen LogP contribution in [0, 0.1) is 0 Å². The summed E-state index contributed by atoms with van der Waals surface area (Å²) in [5.74, 6) is 0.156. The van der Waals surface area contributed by atoms with Crippen LogP contribution in [0.3, 0.4) is 0 Å². The van der Waals surface area contributed by atoms with Crippen molar-refractivity contribution in [3.63, 3.8) is 0 Å². The van der Waals surface area contributed by atoms with E-state index in [4.69, 9.17) is 15.2 Å². The number of nitrogens with two attached hydrogens (primary N) is 1. The van der Waals surface area contributed by atoms with E-state index in [0.717, 1.165) is 19.2 Å². The second kappa shape index (κ2) is 10.5. The van der Waals surface area contributed by atoms with Crippen LogP contribution in [-0.2, 0) is 15.7 Å². The zero-order chi connectivity index (χ0) is 24.1. The van der Waals surface area contributed by atoms with E-state index in [9.17, 15) is 18.0 Å². The molecule has 1 aliphatic heterocycles. The largest absolute Gasteiger partial charge is 0.490 e. The van der Waals surface area contributed by atoms with Gasteiger partial charge in [-0.05, 0) is 56.0 Å². The molecular formula is C25H30F3N3O3. The van der Waals surface area contributed by atoms with Crippen LogP contribution in [0.2, 0.25) is 0 Å². The first-order chi connectivity index (χ1) is 16.3. The van der Waals surface area contributed by atoms with E-state index in [1.165, 1.54) is 17.8 Å². The monoisotopic (exact) mass is 477 g/mol. The molecule has 0 bridgehead atoms. The molecule has 4 rings (SSSR count). The van der Waals surface area contributed by atoms with E-state index in [-0.39, 0.29) is 36.2 Å². The van der Waals surface area contributed by atoms with Gasteiger partial charge in [0.05, 0.1) is 17.8 Å². The highest BCUT2D eigenvalue weighted by molar-refractivity contribution is 5.77. The van der Waals surface area contributed by atoms with Crippen LogP contribution in [0.5, 0.6) is 5.75 Å². The molecule has 34 heavy (non-hydrogen) atoms. The van der Waals surface area contributed by atoms with Crippen molar-refractivity contribution in [2.75, 3.05) is 43.4 Å². The van der Waals surface area contributed by atoms with Crippen molar-refractivity contribution in [3.8, 4) is 5.75 Å². The average molecular weight is 478 g/mol. The van der Waals surface area contributed by atoms with Gasteiger partial charge < -0.3 is 25.0 Å². The number of carbonyl (C=O) groups excluding carboxylic acids is 1. The first-order valence-electron chi connectivity index (χ1n) is 11.6. The Morgan fingerprint density at radius 3 is 2.24 bits per heavy atom. The minimum absolute atomic E-state index is 0.00682. The van der Waals surface area contributed by atoms with Gasteiger partial charge in [-0.1, -0.05) is 18.2 Å². The van der Waals surface area contributed by atoms with E-state index in [1.807, 2.05) is 23.1 Å². The molecule has 0 unspecified atom stereocenters. The van der Waals surface area contributed by atoms with Gasteiger partial charge in [0.1, 0.15) is 12.4 Å². The highest BCUT2D eigenvalue weighted by Gasteiger charge is 2.34. The number of anilines is 2. The Labute approximate surface area is 197 Å². The third kappa shape index (κ3) is 6.14. The minimum Gasteiger partial charge on any atom is -0.490 e. The summed E-state index contributed by atoms with van der Waals surface area (Å²) >= 11 is 0. The molecule has 1 heterocycles. The summed E-state index contributed by atoms with van der Waals surface area (Å²) in [6.45, 7) is 2.96. The lowest BCUT2D eigenvalue weighted by Gasteiger charge is -2.36. The third-order valence-corrected chi connectivity index (χ3v) is 6.45. The summed E-state index contributed by atoms with van der Waals surface area (Å²) in [5.41, 5.74) is 5.41.